The molecule has 3 heteroatoms. The first-order valence-electron chi connectivity index (χ1n) is 8.80. The van der Waals surface area contributed by atoms with E-state index < -0.39 is 0 Å². The SMILES string of the molecule is COc1ccc([C@@H]2Nc3c(C)cc(C)cc3[C@H]3OCCC[C@H]32)cc1. The largest absolute Gasteiger partial charge is 0.497 e. The Morgan fingerprint density at radius 2 is 1.92 bits per heavy atom. The average molecular weight is 323 g/mol. The molecule has 2 heterocycles. The van der Waals surface area contributed by atoms with E-state index in [2.05, 4.69) is 43.4 Å². The lowest BCUT2D eigenvalue weighted by atomic mass is 9.76. The summed E-state index contributed by atoms with van der Waals surface area (Å²) in [6.07, 6.45) is 2.52. The van der Waals surface area contributed by atoms with Crippen molar-refractivity contribution in [2.45, 2.75) is 38.8 Å². The molecule has 0 amide bonds. The zero-order valence-corrected chi connectivity index (χ0v) is 14.6. The van der Waals surface area contributed by atoms with Gasteiger partial charge in [-0.2, -0.15) is 0 Å². The predicted molar refractivity (Wildman–Crippen MR) is 96.7 cm³/mol. The number of fused-ring (bicyclic) bond motifs is 3. The van der Waals surface area contributed by atoms with Crippen molar-refractivity contribution in [3.05, 3.63) is 58.7 Å². The topological polar surface area (TPSA) is 30.5 Å². The number of anilines is 1. The third-order valence-electron chi connectivity index (χ3n) is 5.39. The molecule has 1 saturated heterocycles. The second-order valence-electron chi connectivity index (χ2n) is 7.04. The van der Waals surface area contributed by atoms with Crippen molar-refractivity contribution in [3.8, 4) is 5.75 Å². The van der Waals surface area contributed by atoms with Crippen LogP contribution in [0, 0.1) is 19.8 Å². The van der Waals surface area contributed by atoms with Crippen LogP contribution in [0.25, 0.3) is 0 Å². The minimum atomic E-state index is 0.195. The van der Waals surface area contributed by atoms with Gasteiger partial charge in [0.2, 0.25) is 0 Å². The molecule has 0 unspecified atom stereocenters. The molecule has 0 aromatic heterocycles. The summed E-state index contributed by atoms with van der Waals surface area (Å²) in [7, 11) is 1.71. The summed E-state index contributed by atoms with van der Waals surface area (Å²) in [6, 6.07) is 13.3. The van der Waals surface area contributed by atoms with Crippen LogP contribution in [0.15, 0.2) is 36.4 Å². The monoisotopic (exact) mass is 323 g/mol. The third-order valence-corrected chi connectivity index (χ3v) is 5.39. The van der Waals surface area contributed by atoms with Crippen LogP contribution in [0.5, 0.6) is 5.75 Å². The molecule has 2 aromatic carbocycles. The van der Waals surface area contributed by atoms with Gasteiger partial charge in [-0.25, -0.2) is 0 Å². The second-order valence-corrected chi connectivity index (χ2v) is 7.04. The van der Waals surface area contributed by atoms with E-state index in [9.17, 15) is 0 Å². The lowest BCUT2D eigenvalue weighted by molar-refractivity contribution is -0.0382. The van der Waals surface area contributed by atoms with Crippen LogP contribution < -0.4 is 10.1 Å². The zero-order valence-electron chi connectivity index (χ0n) is 14.6. The molecule has 0 radical (unpaired) electrons. The van der Waals surface area contributed by atoms with E-state index in [1.807, 2.05) is 12.1 Å². The van der Waals surface area contributed by atoms with Gasteiger partial charge in [-0.3, -0.25) is 0 Å². The van der Waals surface area contributed by atoms with Crippen LogP contribution in [0.4, 0.5) is 5.69 Å². The Bertz CT molecular complexity index is 738. The van der Waals surface area contributed by atoms with Gasteiger partial charge in [-0.05, 0) is 49.9 Å². The first-order chi connectivity index (χ1) is 11.7. The van der Waals surface area contributed by atoms with Gasteiger partial charge in [-0.15, -0.1) is 0 Å². The van der Waals surface area contributed by atoms with E-state index in [0.29, 0.717) is 5.92 Å². The molecule has 126 valence electrons. The summed E-state index contributed by atoms with van der Waals surface area (Å²) < 4.78 is 11.6. The number of nitrogens with one attached hydrogen (secondary N) is 1. The van der Waals surface area contributed by atoms with Gasteiger partial charge in [0.15, 0.2) is 0 Å². The fourth-order valence-corrected chi connectivity index (χ4v) is 4.29. The fourth-order valence-electron chi connectivity index (χ4n) is 4.29. The maximum atomic E-state index is 6.25. The van der Waals surface area contributed by atoms with E-state index in [4.69, 9.17) is 9.47 Å². The van der Waals surface area contributed by atoms with E-state index in [-0.39, 0.29) is 12.1 Å². The summed E-state index contributed by atoms with van der Waals surface area (Å²) in [6.45, 7) is 5.22. The van der Waals surface area contributed by atoms with Crippen LogP contribution in [0.3, 0.4) is 0 Å². The minimum absolute atomic E-state index is 0.195. The van der Waals surface area contributed by atoms with Crippen molar-refractivity contribution in [2.24, 2.45) is 5.92 Å². The lowest BCUT2D eigenvalue weighted by Gasteiger charge is -2.44. The number of ether oxygens (including phenoxy) is 2. The molecule has 24 heavy (non-hydrogen) atoms. The highest BCUT2D eigenvalue weighted by Crippen LogP contribution is 2.50. The number of benzene rings is 2. The Morgan fingerprint density at radius 1 is 1.12 bits per heavy atom. The Labute approximate surface area is 144 Å². The zero-order chi connectivity index (χ0) is 16.7. The Hall–Kier alpha value is -2.00. The normalized spacial score (nSPS) is 25.4. The summed E-state index contributed by atoms with van der Waals surface area (Å²) in [5, 5.41) is 3.82. The average Bonchev–Trinajstić information content (AvgIpc) is 2.61. The molecule has 0 bridgehead atoms. The van der Waals surface area contributed by atoms with Gasteiger partial charge in [0.25, 0.3) is 0 Å². The fraction of sp³-hybridized carbons (Fsp3) is 0.429. The molecule has 2 aromatic rings. The molecule has 3 nitrogen and oxygen atoms in total. The van der Waals surface area contributed by atoms with Gasteiger partial charge in [0, 0.05) is 23.8 Å². The van der Waals surface area contributed by atoms with E-state index >= 15 is 0 Å². The van der Waals surface area contributed by atoms with Crippen LogP contribution in [-0.2, 0) is 4.74 Å². The number of aryl methyl sites for hydroxylation is 2. The Morgan fingerprint density at radius 3 is 2.67 bits per heavy atom. The molecule has 1 N–H and O–H groups in total. The van der Waals surface area contributed by atoms with E-state index in [0.717, 1.165) is 18.8 Å². The highest BCUT2D eigenvalue weighted by Gasteiger charge is 2.40. The van der Waals surface area contributed by atoms with Crippen molar-refractivity contribution < 1.29 is 9.47 Å². The number of methoxy groups -OCH3 is 1. The first kappa shape index (κ1) is 15.5. The number of rotatable bonds is 2. The molecular formula is C21H25NO2. The maximum absolute atomic E-state index is 6.25. The van der Waals surface area contributed by atoms with Crippen molar-refractivity contribution in [1.82, 2.24) is 0 Å². The highest BCUT2D eigenvalue weighted by molar-refractivity contribution is 5.63. The van der Waals surface area contributed by atoms with Crippen LogP contribution in [-0.4, -0.2) is 13.7 Å². The van der Waals surface area contributed by atoms with Crippen molar-refractivity contribution in [2.75, 3.05) is 19.0 Å². The summed E-state index contributed by atoms with van der Waals surface area (Å²) in [4.78, 5) is 0. The molecule has 0 spiro atoms. The molecule has 1 fully saturated rings. The first-order valence-corrected chi connectivity index (χ1v) is 8.80. The van der Waals surface area contributed by atoms with Gasteiger partial charge in [0.05, 0.1) is 19.3 Å². The van der Waals surface area contributed by atoms with Gasteiger partial charge >= 0.3 is 0 Å². The van der Waals surface area contributed by atoms with Crippen LogP contribution >= 0.6 is 0 Å². The Kier molecular flexibility index (Phi) is 3.97. The predicted octanol–water partition coefficient (Wildman–Crippen LogP) is 4.95. The highest BCUT2D eigenvalue weighted by atomic mass is 16.5. The van der Waals surface area contributed by atoms with Crippen molar-refractivity contribution in [1.29, 1.82) is 0 Å². The lowest BCUT2D eigenvalue weighted by Crippen LogP contribution is -2.36. The Balaban J connectivity index is 1.77. The maximum Gasteiger partial charge on any atom is 0.118 e. The molecular weight excluding hydrogens is 298 g/mol. The second kappa shape index (κ2) is 6.14. The van der Waals surface area contributed by atoms with Gasteiger partial charge in [0.1, 0.15) is 5.75 Å². The van der Waals surface area contributed by atoms with Crippen molar-refractivity contribution in [3.63, 3.8) is 0 Å². The smallest absolute Gasteiger partial charge is 0.118 e. The summed E-state index contributed by atoms with van der Waals surface area (Å²) >= 11 is 0. The molecule has 4 rings (SSSR count). The quantitative estimate of drug-likeness (QED) is 0.848. The minimum Gasteiger partial charge on any atom is -0.497 e. The molecule has 0 aliphatic carbocycles. The summed E-state index contributed by atoms with van der Waals surface area (Å²) in [5.74, 6) is 1.37. The molecule has 2 aliphatic heterocycles. The van der Waals surface area contributed by atoms with Gasteiger partial charge in [-0.1, -0.05) is 29.8 Å². The molecule has 3 atom stereocenters. The summed E-state index contributed by atoms with van der Waals surface area (Å²) in [5.41, 5.74) is 6.51. The van der Waals surface area contributed by atoms with E-state index in [1.165, 1.54) is 34.4 Å². The van der Waals surface area contributed by atoms with Crippen LogP contribution in [0.1, 0.15) is 47.2 Å². The van der Waals surface area contributed by atoms with Crippen molar-refractivity contribution >= 4 is 5.69 Å². The van der Waals surface area contributed by atoms with Gasteiger partial charge < -0.3 is 14.8 Å². The number of hydrogen-bond acceptors (Lipinski definition) is 3. The van der Waals surface area contributed by atoms with E-state index in [1.54, 1.807) is 7.11 Å². The molecule has 2 aliphatic rings. The van der Waals surface area contributed by atoms with Crippen LogP contribution in [0.2, 0.25) is 0 Å². The number of hydrogen-bond donors (Lipinski definition) is 1. The standard InChI is InChI=1S/C21H25NO2/c1-13-11-14(2)19-18(12-13)21-17(5-4-10-24-21)20(22-19)15-6-8-16(23-3)9-7-15/h6-9,11-12,17,20-22H,4-5,10H2,1-3H3/t17-,20-,21-/m0/s1. The molecule has 0 saturated carbocycles. The third kappa shape index (κ3) is 2.57.